The Bertz CT molecular complexity index is 478. The first-order chi connectivity index (χ1) is 9.83. The molecule has 1 aromatic rings. The number of anilines is 1. The molecule has 21 heavy (non-hydrogen) atoms. The Hall–Kier alpha value is -1.56. The number of amides is 1. The molecule has 118 valence electrons. The van der Waals surface area contributed by atoms with Crippen LogP contribution in [0.2, 0.25) is 0 Å². The van der Waals surface area contributed by atoms with Crippen LogP contribution in [-0.2, 0) is 11.3 Å². The van der Waals surface area contributed by atoms with Crippen molar-refractivity contribution < 1.29 is 9.53 Å². The van der Waals surface area contributed by atoms with Gasteiger partial charge in [0.25, 0.3) is 0 Å². The van der Waals surface area contributed by atoms with Crippen LogP contribution in [0.25, 0.3) is 0 Å². The Kier molecular flexibility index (Phi) is 4.88. The lowest BCUT2D eigenvalue weighted by molar-refractivity contribution is 0.0635. The standard InChI is InChI=1S/C15H26N4O2/c1-10-5-6-12(7-10)16-8-11-9-17-19-13(11)18-14(20)21-15(2,3)4/h9-10,12,16H,5-8H2,1-4H3,(H2,17,18,19,20). The van der Waals surface area contributed by atoms with Crippen LogP contribution in [0.15, 0.2) is 6.20 Å². The highest BCUT2D eigenvalue weighted by molar-refractivity contribution is 5.84. The van der Waals surface area contributed by atoms with Crippen molar-refractivity contribution in [2.24, 2.45) is 5.92 Å². The van der Waals surface area contributed by atoms with Gasteiger partial charge in [-0.25, -0.2) is 4.79 Å². The van der Waals surface area contributed by atoms with Gasteiger partial charge in [0, 0.05) is 18.2 Å². The first-order valence-corrected chi connectivity index (χ1v) is 7.59. The quantitative estimate of drug-likeness (QED) is 0.797. The molecule has 6 heteroatoms. The third kappa shape index (κ3) is 5.04. The number of aromatic amines is 1. The summed E-state index contributed by atoms with van der Waals surface area (Å²) in [5.41, 5.74) is 0.433. The maximum atomic E-state index is 11.8. The van der Waals surface area contributed by atoms with Crippen LogP contribution in [0, 0.1) is 5.92 Å². The second-order valence-electron chi connectivity index (χ2n) is 6.89. The molecule has 2 unspecified atom stereocenters. The van der Waals surface area contributed by atoms with E-state index in [4.69, 9.17) is 4.74 Å². The number of ether oxygens (including phenoxy) is 1. The molecule has 2 rings (SSSR count). The van der Waals surface area contributed by atoms with Crippen molar-refractivity contribution in [3.63, 3.8) is 0 Å². The van der Waals surface area contributed by atoms with E-state index in [0.29, 0.717) is 18.4 Å². The molecule has 2 atom stereocenters. The van der Waals surface area contributed by atoms with E-state index in [1.807, 2.05) is 20.8 Å². The van der Waals surface area contributed by atoms with E-state index in [9.17, 15) is 4.79 Å². The highest BCUT2D eigenvalue weighted by Gasteiger charge is 2.22. The van der Waals surface area contributed by atoms with E-state index in [0.717, 1.165) is 11.5 Å². The molecule has 1 fully saturated rings. The number of nitrogens with zero attached hydrogens (tertiary/aromatic N) is 1. The number of aromatic nitrogens is 2. The van der Waals surface area contributed by atoms with Gasteiger partial charge in [0.15, 0.2) is 0 Å². The fourth-order valence-electron chi connectivity index (χ4n) is 2.61. The van der Waals surface area contributed by atoms with Gasteiger partial charge in [0.1, 0.15) is 11.4 Å². The number of H-pyrrole nitrogens is 1. The summed E-state index contributed by atoms with van der Waals surface area (Å²) in [6.07, 6.45) is 4.98. The number of hydrogen-bond donors (Lipinski definition) is 3. The lowest BCUT2D eigenvalue weighted by atomic mass is 10.1. The molecule has 0 saturated heterocycles. The SMILES string of the molecule is CC1CCC(NCc2cn[nH]c2NC(=O)OC(C)(C)C)C1. The van der Waals surface area contributed by atoms with Crippen molar-refractivity contribution in [3.05, 3.63) is 11.8 Å². The van der Waals surface area contributed by atoms with E-state index in [-0.39, 0.29) is 0 Å². The second-order valence-corrected chi connectivity index (χ2v) is 6.89. The zero-order chi connectivity index (χ0) is 15.5. The van der Waals surface area contributed by atoms with Crippen molar-refractivity contribution in [3.8, 4) is 0 Å². The average molecular weight is 294 g/mol. The predicted octanol–water partition coefficient (Wildman–Crippen LogP) is 3.03. The van der Waals surface area contributed by atoms with Gasteiger partial charge in [-0.1, -0.05) is 6.92 Å². The molecule has 1 amide bonds. The first-order valence-electron chi connectivity index (χ1n) is 7.59. The molecular formula is C15H26N4O2. The van der Waals surface area contributed by atoms with Gasteiger partial charge in [0.2, 0.25) is 0 Å². The summed E-state index contributed by atoms with van der Waals surface area (Å²) >= 11 is 0. The molecule has 1 saturated carbocycles. The number of hydrogen-bond acceptors (Lipinski definition) is 4. The minimum Gasteiger partial charge on any atom is -0.444 e. The minimum absolute atomic E-state index is 0.470. The molecule has 1 heterocycles. The van der Waals surface area contributed by atoms with Gasteiger partial charge >= 0.3 is 6.09 Å². The van der Waals surface area contributed by atoms with Gasteiger partial charge in [-0.3, -0.25) is 10.4 Å². The van der Waals surface area contributed by atoms with Crippen LogP contribution < -0.4 is 10.6 Å². The fourth-order valence-corrected chi connectivity index (χ4v) is 2.61. The number of nitrogens with one attached hydrogen (secondary N) is 3. The van der Waals surface area contributed by atoms with Crippen LogP contribution in [-0.4, -0.2) is 27.9 Å². The molecule has 0 aromatic carbocycles. The van der Waals surface area contributed by atoms with Gasteiger partial charge in [-0.2, -0.15) is 5.10 Å². The summed E-state index contributed by atoms with van der Waals surface area (Å²) in [6.45, 7) is 8.49. The molecule has 3 N–H and O–H groups in total. The summed E-state index contributed by atoms with van der Waals surface area (Å²) in [7, 11) is 0. The largest absolute Gasteiger partial charge is 0.444 e. The topological polar surface area (TPSA) is 79.0 Å². The second kappa shape index (κ2) is 6.47. The van der Waals surface area contributed by atoms with Gasteiger partial charge < -0.3 is 10.1 Å². The average Bonchev–Trinajstić information content (AvgIpc) is 2.93. The van der Waals surface area contributed by atoms with E-state index < -0.39 is 11.7 Å². The summed E-state index contributed by atoms with van der Waals surface area (Å²) in [5.74, 6) is 1.40. The van der Waals surface area contributed by atoms with E-state index in [1.165, 1.54) is 19.3 Å². The monoisotopic (exact) mass is 294 g/mol. The Morgan fingerprint density at radius 1 is 1.48 bits per heavy atom. The minimum atomic E-state index is -0.511. The maximum Gasteiger partial charge on any atom is 0.413 e. The van der Waals surface area contributed by atoms with Gasteiger partial charge in [-0.05, 0) is 46.0 Å². The number of carbonyl (C=O) groups excluding carboxylic acids is 1. The van der Waals surface area contributed by atoms with Crippen LogP contribution >= 0.6 is 0 Å². The normalized spacial score (nSPS) is 22.3. The Morgan fingerprint density at radius 2 is 2.24 bits per heavy atom. The van der Waals surface area contributed by atoms with Crippen LogP contribution in [0.1, 0.15) is 52.5 Å². The molecule has 0 bridgehead atoms. The number of carbonyl (C=O) groups is 1. The van der Waals surface area contributed by atoms with Crippen molar-refractivity contribution >= 4 is 11.9 Å². The predicted molar refractivity (Wildman–Crippen MR) is 82.1 cm³/mol. The number of rotatable bonds is 4. The van der Waals surface area contributed by atoms with Gasteiger partial charge in [0.05, 0.1) is 6.20 Å². The smallest absolute Gasteiger partial charge is 0.413 e. The summed E-state index contributed by atoms with van der Waals surface area (Å²) in [6, 6.07) is 0.560. The van der Waals surface area contributed by atoms with Crippen molar-refractivity contribution in [2.75, 3.05) is 5.32 Å². The molecule has 1 aromatic heterocycles. The van der Waals surface area contributed by atoms with Crippen molar-refractivity contribution in [1.82, 2.24) is 15.5 Å². The van der Waals surface area contributed by atoms with E-state index in [1.54, 1.807) is 6.20 Å². The fraction of sp³-hybridized carbons (Fsp3) is 0.733. The maximum absolute atomic E-state index is 11.8. The van der Waals surface area contributed by atoms with Crippen LogP contribution in [0.5, 0.6) is 0 Å². The molecule has 1 aliphatic carbocycles. The molecule has 1 aliphatic rings. The summed E-state index contributed by atoms with van der Waals surface area (Å²) < 4.78 is 5.24. The Morgan fingerprint density at radius 3 is 2.86 bits per heavy atom. The highest BCUT2D eigenvalue weighted by atomic mass is 16.6. The lowest BCUT2D eigenvalue weighted by Crippen LogP contribution is -2.28. The van der Waals surface area contributed by atoms with Crippen molar-refractivity contribution in [1.29, 1.82) is 0 Å². The molecule has 0 spiro atoms. The molecule has 6 nitrogen and oxygen atoms in total. The molecule has 0 radical (unpaired) electrons. The first kappa shape index (κ1) is 15.8. The van der Waals surface area contributed by atoms with Crippen LogP contribution in [0.4, 0.5) is 10.6 Å². The highest BCUT2D eigenvalue weighted by Crippen LogP contribution is 2.25. The zero-order valence-corrected chi connectivity index (χ0v) is 13.3. The van der Waals surface area contributed by atoms with E-state index in [2.05, 4.69) is 27.8 Å². The summed E-state index contributed by atoms with van der Waals surface area (Å²) in [4.78, 5) is 11.8. The Labute approximate surface area is 126 Å². The lowest BCUT2D eigenvalue weighted by Gasteiger charge is -2.19. The Balaban J connectivity index is 1.85. The molecule has 0 aliphatic heterocycles. The van der Waals surface area contributed by atoms with Crippen LogP contribution in [0.3, 0.4) is 0 Å². The molecular weight excluding hydrogens is 268 g/mol. The third-order valence-electron chi connectivity index (χ3n) is 3.62. The van der Waals surface area contributed by atoms with Crippen molar-refractivity contribution in [2.45, 2.75) is 65.1 Å². The van der Waals surface area contributed by atoms with E-state index >= 15 is 0 Å². The summed E-state index contributed by atoms with van der Waals surface area (Å²) in [5, 5.41) is 13.0. The van der Waals surface area contributed by atoms with Gasteiger partial charge in [-0.15, -0.1) is 0 Å². The third-order valence-corrected chi connectivity index (χ3v) is 3.62. The zero-order valence-electron chi connectivity index (χ0n) is 13.3.